The van der Waals surface area contributed by atoms with Gasteiger partial charge in [-0.1, -0.05) is 18.2 Å². The van der Waals surface area contributed by atoms with Crippen LogP contribution in [0.2, 0.25) is 0 Å². The molecule has 1 N–H and O–H groups in total. The number of aromatic nitrogens is 1. The molecular weight excluding hydrogens is 419 g/mol. The molecule has 2 aromatic carbocycles. The lowest BCUT2D eigenvalue weighted by molar-refractivity contribution is -0.117. The van der Waals surface area contributed by atoms with Gasteiger partial charge in [-0.3, -0.25) is 9.69 Å². The molecule has 4 rings (SSSR count). The molecule has 3 aromatic rings. The summed E-state index contributed by atoms with van der Waals surface area (Å²) in [6, 6.07) is 18.0. The van der Waals surface area contributed by atoms with E-state index in [9.17, 15) is 9.18 Å². The van der Waals surface area contributed by atoms with E-state index in [4.69, 9.17) is 4.74 Å². The van der Waals surface area contributed by atoms with Crippen molar-refractivity contribution in [3.63, 3.8) is 0 Å². The molecule has 0 radical (unpaired) electrons. The summed E-state index contributed by atoms with van der Waals surface area (Å²) in [5, 5.41) is 3.46. The number of pyridine rings is 1. The van der Waals surface area contributed by atoms with Gasteiger partial charge in [-0.15, -0.1) is 0 Å². The number of nitrogens with one attached hydrogen (secondary N) is 1. The van der Waals surface area contributed by atoms with Crippen LogP contribution >= 0.6 is 0 Å². The molecule has 172 valence electrons. The zero-order valence-electron chi connectivity index (χ0n) is 19.0. The molecule has 1 fully saturated rings. The van der Waals surface area contributed by atoms with Crippen molar-refractivity contribution in [2.45, 2.75) is 25.9 Å². The molecule has 1 saturated heterocycles. The van der Waals surface area contributed by atoms with Gasteiger partial charge in [0.1, 0.15) is 11.6 Å². The number of carbonyl (C=O) groups is 1. The van der Waals surface area contributed by atoms with E-state index in [1.54, 1.807) is 36.3 Å². The summed E-state index contributed by atoms with van der Waals surface area (Å²) in [6.45, 7) is 6.23. The molecule has 2 heterocycles. The Labute approximate surface area is 194 Å². The fraction of sp³-hybridized carbons (Fsp3) is 0.308. The molecule has 0 spiro atoms. The number of likely N-dealkylation sites (N-methyl/N-ethyl adjacent to an activating group) is 1. The SMILES string of the molecule is C[C@H]1CN(Cc2ccc(N(C)C(=O)Cc3ccc(Oc4ccc(F)cc4)nc3)cc2)CCN1. The number of hydrogen-bond acceptors (Lipinski definition) is 5. The lowest BCUT2D eigenvalue weighted by Gasteiger charge is -2.31. The van der Waals surface area contributed by atoms with Crippen LogP contribution < -0.4 is 15.0 Å². The van der Waals surface area contributed by atoms with E-state index in [0.717, 1.165) is 37.4 Å². The Bertz CT molecular complexity index is 1060. The third kappa shape index (κ3) is 6.37. The second kappa shape index (κ2) is 10.6. The number of amides is 1. The second-order valence-electron chi connectivity index (χ2n) is 8.45. The van der Waals surface area contributed by atoms with Crippen LogP contribution in [0.3, 0.4) is 0 Å². The highest BCUT2D eigenvalue weighted by Gasteiger charge is 2.16. The lowest BCUT2D eigenvalue weighted by Crippen LogP contribution is -2.48. The molecule has 7 heteroatoms. The zero-order valence-corrected chi connectivity index (χ0v) is 19.0. The molecule has 33 heavy (non-hydrogen) atoms. The standard InChI is InChI=1S/C26H29FN4O2/c1-19-17-31(14-13-28-19)18-20-3-8-23(9-4-20)30(2)26(32)15-21-5-12-25(29-16-21)33-24-10-6-22(27)7-11-24/h3-12,16,19,28H,13-15,17-18H2,1-2H3/t19-/m0/s1. The van der Waals surface area contributed by atoms with Gasteiger partial charge in [0, 0.05) is 57.2 Å². The first-order chi connectivity index (χ1) is 16.0. The Morgan fingerprint density at radius 3 is 2.52 bits per heavy atom. The molecule has 0 bridgehead atoms. The Morgan fingerprint density at radius 1 is 1.12 bits per heavy atom. The maximum Gasteiger partial charge on any atom is 0.231 e. The van der Waals surface area contributed by atoms with Crippen molar-refractivity contribution in [1.29, 1.82) is 0 Å². The Balaban J connectivity index is 1.31. The van der Waals surface area contributed by atoms with Crippen LogP contribution in [0.4, 0.5) is 10.1 Å². The normalized spacial score (nSPS) is 16.4. The van der Waals surface area contributed by atoms with Crippen LogP contribution in [0.25, 0.3) is 0 Å². The average molecular weight is 449 g/mol. The molecule has 1 aromatic heterocycles. The summed E-state index contributed by atoms with van der Waals surface area (Å²) in [4.78, 5) is 21.1. The third-order valence-corrected chi connectivity index (χ3v) is 5.75. The van der Waals surface area contributed by atoms with Gasteiger partial charge >= 0.3 is 0 Å². The Hall–Kier alpha value is -3.29. The highest BCUT2D eigenvalue weighted by Crippen LogP contribution is 2.21. The highest BCUT2D eigenvalue weighted by atomic mass is 19.1. The molecular formula is C26H29FN4O2. The number of anilines is 1. The van der Waals surface area contributed by atoms with E-state index in [2.05, 4.69) is 34.3 Å². The minimum atomic E-state index is -0.322. The largest absolute Gasteiger partial charge is 0.439 e. The summed E-state index contributed by atoms with van der Waals surface area (Å²) < 4.78 is 18.6. The van der Waals surface area contributed by atoms with Crippen LogP contribution in [-0.2, 0) is 17.8 Å². The van der Waals surface area contributed by atoms with Gasteiger partial charge in [0.15, 0.2) is 0 Å². The number of benzene rings is 2. The number of piperazine rings is 1. The van der Waals surface area contributed by atoms with Crippen molar-refractivity contribution < 1.29 is 13.9 Å². The molecule has 0 saturated carbocycles. The number of hydrogen-bond donors (Lipinski definition) is 1. The molecule has 1 amide bonds. The van der Waals surface area contributed by atoms with E-state index in [0.29, 0.717) is 17.7 Å². The monoisotopic (exact) mass is 448 g/mol. The van der Waals surface area contributed by atoms with Crippen LogP contribution in [0.15, 0.2) is 66.9 Å². The maximum atomic E-state index is 13.0. The van der Waals surface area contributed by atoms with Crippen LogP contribution in [0.5, 0.6) is 11.6 Å². The van der Waals surface area contributed by atoms with E-state index >= 15 is 0 Å². The minimum absolute atomic E-state index is 0.0207. The topological polar surface area (TPSA) is 57.7 Å². The maximum absolute atomic E-state index is 13.0. The smallest absolute Gasteiger partial charge is 0.231 e. The fourth-order valence-corrected chi connectivity index (χ4v) is 3.88. The molecule has 0 aliphatic carbocycles. The van der Waals surface area contributed by atoms with Crippen molar-refractivity contribution in [1.82, 2.24) is 15.2 Å². The second-order valence-corrected chi connectivity index (χ2v) is 8.45. The van der Waals surface area contributed by atoms with Gasteiger partial charge in [0.25, 0.3) is 0 Å². The summed E-state index contributed by atoms with van der Waals surface area (Å²) in [6.07, 6.45) is 1.86. The average Bonchev–Trinajstić information content (AvgIpc) is 2.82. The Kier molecular flexibility index (Phi) is 7.32. The number of ether oxygens (including phenoxy) is 1. The van der Waals surface area contributed by atoms with Gasteiger partial charge in [0.05, 0.1) is 6.42 Å². The van der Waals surface area contributed by atoms with Gasteiger partial charge in [-0.2, -0.15) is 0 Å². The van der Waals surface area contributed by atoms with Gasteiger partial charge in [-0.25, -0.2) is 9.37 Å². The van der Waals surface area contributed by atoms with Gasteiger partial charge in [-0.05, 0) is 54.4 Å². The fourth-order valence-electron chi connectivity index (χ4n) is 3.88. The van der Waals surface area contributed by atoms with E-state index in [-0.39, 0.29) is 18.1 Å². The number of halogens is 1. The lowest BCUT2D eigenvalue weighted by atomic mass is 10.1. The van der Waals surface area contributed by atoms with E-state index in [1.165, 1.54) is 17.7 Å². The predicted molar refractivity (Wildman–Crippen MR) is 127 cm³/mol. The molecule has 1 aliphatic rings. The van der Waals surface area contributed by atoms with Gasteiger partial charge in [0.2, 0.25) is 11.8 Å². The number of rotatable bonds is 7. The molecule has 6 nitrogen and oxygen atoms in total. The summed E-state index contributed by atoms with van der Waals surface area (Å²) in [5.74, 6) is 0.549. The van der Waals surface area contributed by atoms with Crippen molar-refractivity contribution in [3.05, 3.63) is 83.8 Å². The van der Waals surface area contributed by atoms with E-state index < -0.39 is 0 Å². The highest BCUT2D eigenvalue weighted by molar-refractivity contribution is 5.94. The van der Waals surface area contributed by atoms with Crippen LogP contribution in [0.1, 0.15) is 18.1 Å². The summed E-state index contributed by atoms with van der Waals surface area (Å²) in [5.41, 5.74) is 2.90. The Morgan fingerprint density at radius 2 is 1.85 bits per heavy atom. The van der Waals surface area contributed by atoms with Crippen LogP contribution in [0, 0.1) is 5.82 Å². The minimum Gasteiger partial charge on any atom is -0.439 e. The van der Waals surface area contributed by atoms with Crippen molar-refractivity contribution in [2.75, 3.05) is 31.6 Å². The molecule has 1 aliphatic heterocycles. The first-order valence-corrected chi connectivity index (χ1v) is 11.2. The van der Waals surface area contributed by atoms with E-state index in [1.807, 2.05) is 18.2 Å². The number of nitrogens with zero attached hydrogens (tertiary/aromatic N) is 3. The van der Waals surface area contributed by atoms with Gasteiger partial charge < -0.3 is 15.0 Å². The third-order valence-electron chi connectivity index (χ3n) is 5.75. The quantitative estimate of drug-likeness (QED) is 0.592. The predicted octanol–water partition coefficient (Wildman–Crippen LogP) is 4.01. The summed E-state index contributed by atoms with van der Waals surface area (Å²) >= 11 is 0. The van der Waals surface area contributed by atoms with Crippen LogP contribution in [-0.4, -0.2) is 48.5 Å². The molecule has 0 unspecified atom stereocenters. The van der Waals surface area contributed by atoms with Crippen molar-refractivity contribution in [2.24, 2.45) is 0 Å². The first kappa shape index (κ1) is 22.9. The summed E-state index contributed by atoms with van der Waals surface area (Å²) in [7, 11) is 1.79. The van der Waals surface area contributed by atoms with Crippen molar-refractivity contribution >= 4 is 11.6 Å². The van der Waals surface area contributed by atoms with Crippen molar-refractivity contribution in [3.8, 4) is 11.6 Å². The number of carbonyl (C=O) groups excluding carboxylic acids is 1. The zero-order chi connectivity index (χ0) is 23.2. The molecule has 1 atom stereocenters. The first-order valence-electron chi connectivity index (χ1n) is 11.2.